The molecule has 2 aromatic rings. The second kappa shape index (κ2) is 5.83. The summed E-state index contributed by atoms with van der Waals surface area (Å²) in [5.41, 5.74) is 3.64. The zero-order valence-corrected chi connectivity index (χ0v) is 11.0. The summed E-state index contributed by atoms with van der Waals surface area (Å²) in [6.07, 6.45) is 3.87. The van der Waals surface area contributed by atoms with Crippen molar-refractivity contribution < 1.29 is 5.11 Å². The maximum Gasteiger partial charge on any atom is 0.0584 e. The van der Waals surface area contributed by atoms with Gasteiger partial charge in [0.05, 0.1) is 6.10 Å². The highest BCUT2D eigenvalue weighted by atomic mass is 16.3. The van der Waals surface area contributed by atoms with Crippen LogP contribution in [0.2, 0.25) is 0 Å². The van der Waals surface area contributed by atoms with Crippen molar-refractivity contribution in [3.63, 3.8) is 0 Å². The highest BCUT2D eigenvalue weighted by Gasteiger charge is 2.08. The highest BCUT2D eigenvalue weighted by molar-refractivity contribution is 5.26. The maximum absolute atomic E-state index is 10.1. The fraction of sp³-hybridized carbons (Fsp3) is 0.400. The fourth-order valence-corrected chi connectivity index (χ4v) is 2.16. The number of aromatic nitrogens is 2. The molecule has 1 N–H and O–H groups in total. The fourth-order valence-electron chi connectivity index (χ4n) is 2.16. The molecule has 0 radical (unpaired) electrons. The lowest BCUT2D eigenvalue weighted by Crippen LogP contribution is -2.13. The van der Waals surface area contributed by atoms with Crippen molar-refractivity contribution in [2.24, 2.45) is 7.05 Å². The largest absolute Gasteiger partial charge is 0.393 e. The number of hydrogen-bond donors (Lipinski definition) is 1. The molecule has 2 rings (SSSR count). The lowest BCUT2D eigenvalue weighted by molar-refractivity contribution is 0.164. The van der Waals surface area contributed by atoms with Crippen molar-refractivity contribution in [2.45, 2.75) is 32.3 Å². The summed E-state index contributed by atoms with van der Waals surface area (Å²) in [5.74, 6) is 0. The third-order valence-corrected chi connectivity index (χ3v) is 3.37. The summed E-state index contributed by atoms with van der Waals surface area (Å²) in [4.78, 5) is 0. The first kappa shape index (κ1) is 12.8. The lowest BCUT2D eigenvalue weighted by atomic mass is 10.00. The van der Waals surface area contributed by atoms with Gasteiger partial charge in [-0.05, 0) is 43.4 Å². The Morgan fingerprint density at radius 1 is 1.28 bits per heavy atom. The smallest absolute Gasteiger partial charge is 0.0584 e. The van der Waals surface area contributed by atoms with Gasteiger partial charge in [0.1, 0.15) is 0 Å². The van der Waals surface area contributed by atoms with Crippen LogP contribution in [0.1, 0.15) is 23.2 Å². The number of aliphatic hydroxyl groups is 1. The van der Waals surface area contributed by atoms with Crippen LogP contribution in [0.3, 0.4) is 0 Å². The van der Waals surface area contributed by atoms with E-state index in [1.807, 2.05) is 29.9 Å². The van der Waals surface area contributed by atoms with Gasteiger partial charge in [0, 0.05) is 18.9 Å². The average Bonchev–Trinajstić information content (AvgIpc) is 2.75. The Labute approximate surface area is 108 Å². The van der Waals surface area contributed by atoms with E-state index in [1.54, 1.807) is 6.20 Å². The van der Waals surface area contributed by atoms with Crippen LogP contribution in [0.4, 0.5) is 0 Å². The minimum atomic E-state index is -0.291. The van der Waals surface area contributed by atoms with Gasteiger partial charge in [0.25, 0.3) is 0 Å². The molecule has 3 nitrogen and oxygen atoms in total. The van der Waals surface area contributed by atoms with E-state index in [4.69, 9.17) is 0 Å². The van der Waals surface area contributed by atoms with Crippen LogP contribution >= 0.6 is 0 Å². The van der Waals surface area contributed by atoms with Gasteiger partial charge in [-0.25, -0.2) is 0 Å². The minimum Gasteiger partial charge on any atom is -0.393 e. The molecule has 1 heterocycles. The Kier molecular flexibility index (Phi) is 4.15. The molecular weight excluding hydrogens is 224 g/mol. The van der Waals surface area contributed by atoms with Gasteiger partial charge in [0.15, 0.2) is 0 Å². The minimum absolute atomic E-state index is 0.291. The van der Waals surface area contributed by atoms with Crippen molar-refractivity contribution in [3.05, 3.63) is 53.3 Å². The van der Waals surface area contributed by atoms with Crippen molar-refractivity contribution >= 4 is 0 Å². The molecule has 1 aromatic heterocycles. The first-order valence-corrected chi connectivity index (χ1v) is 6.36. The molecule has 0 saturated heterocycles. The van der Waals surface area contributed by atoms with Gasteiger partial charge in [-0.2, -0.15) is 5.10 Å². The predicted molar refractivity (Wildman–Crippen MR) is 72.4 cm³/mol. The van der Waals surface area contributed by atoms with E-state index in [-0.39, 0.29) is 6.10 Å². The van der Waals surface area contributed by atoms with Gasteiger partial charge in [-0.1, -0.05) is 24.3 Å². The third-order valence-electron chi connectivity index (χ3n) is 3.37. The summed E-state index contributed by atoms with van der Waals surface area (Å²) in [5, 5.41) is 14.2. The van der Waals surface area contributed by atoms with E-state index >= 15 is 0 Å². The Balaban J connectivity index is 1.88. The van der Waals surface area contributed by atoms with Gasteiger partial charge >= 0.3 is 0 Å². The molecule has 0 aliphatic carbocycles. The summed E-state index contributed by atoms with van der Waals surface area (Å²) < 4.78 is 1.86. The van der Waals surface area contributed by atoms with Crippen LogP contribution in [-0.2, 0) is 19.9 Å². The van der Waals surface area contributed by atoms with E-state index in [1.165, 1.54) is 16.8 Å². The molecule has 0 amide bonds. The lowest BCUT2D eigenvalue weighted by Gasteiger charge is -2.12. The van der Waals surface area contributed by atoms with Gasteiger partial charge in [-0.15, -0.1) is 0 Å². The molecule has 0 spiro atoms. The predicted octanol–water partition coefficient (Wildman–Crippen LogP) is 2.26. The van der Waals surface area contributed by atoms with Crippen LogP contribution in [-0.4, -0.2) is 21.0 Å². The van der Waals surface area contributed by atoms with Gasteiger partial charge < -0.3 is 5.11 Å². The second-order valence-corrected chi connectivity index (χ2v) is 4.77. The second-order valence-electron chi connectivity index (χ2n) is 4.77. The average molecular weight is 244 g/mol. The van der Waals surface area contributed by atoms with E-state index in [9.17, 15) is 5.11 Å². The van der Waals surface area contributed by atoms with Crippen LogP contribution in [0.15, 0.2) is 36.5 Å². The Morgan fingerprint density at radius 2 is 2.06 bits per heavy atom. The molecule has 0 aliphatic heterocycles. The van der Waals surface area contributed by atoms with E-state index in [0.717, 1.165) is 19.3 Å². The van der Waals surface area contributed by atoms with Crippen molar-refractivity contribution in [2.75, 3.05) is 0 Å². The zero-order valence-electron chi connectivity index (χ0n) is 11.0. The standard InChI is InChI=1S/C15H20N2O/c1-12-5-3-4-6-13(12)11-15(18)8-7-14-9-10-16-17(14)2/h3-6,9-10,15,18H,7-8,11H2,1-2H3. The van der Waals surface area contributed by atoms with Crippen LogP contribution in [0.25, 0.3) is 0 Å². The highest BCUT2D eigenvalue weighted by Crippen LogP contribution is 2.13. The molecule has 0 aliphatic rings. The Bertz CT molecular complexity index is 505. The molecule has 1 unspecified atom stereocenters. The van der Waals surface area contributed by atoms with E-state index < -0.39 is 0 Å². The monoisotopic (exact) mass is 244 g/mol. The van der Waals surface area contributed by atoms with Crippen LogP contribution < -0.4 is 0 Å². The normalized spacial score (nSPS) is 12.6. The topological polar surface area (TPSA) is 38.1 Å². The Morgan fingerprint density at radius 3 is 2.72 bits per heavy atom. The molecular formula is C15H20N2O. The molecule has 3 heteroatoms. The van der Waals surface area contributed by atoms with Crippen LogP contribution in [0.5, 0.6) is 0 Å². The van der Waals surface area contributed by atoms with Crippen molar-refractivity contribution in [1.82, 2.24) is 9.78 Å². The number of nitrogens with zero attached hydrogens (tertiary/aromatic N) is 2. The molecule has 0 saturated carbocycles. The molecule has 96 valence electrons. The molecule has 0 fully saturated rings. The summed E-state index contributed by atoms with van der Waals surface area (Å²) in [7, 11) is 1.93. The number of aryl methyl sites for hydroxylation is 3. The zero-order chi connectivity index (χ0) is 13.0. The third kappa shape index (κ3) is 3.20. The van der Waals surface area contributed by atoms with Crippen molar-refractivity contribution in [3.8, 4) is 0 Å². The SMILES string of the molecule is Cc1ccccc1CC(O)CCc1ccnn1C. The maximum atomic E-state index is 10.1. The molecule has 1 atom stereocenters. The van der Waals surface area contributed by atoms with Gasteiger partial charge in [0.2, 0.25) is 0 Å². The quantitative estimate of drug-likeness (QED) is 0.876. The Hall–Kier alpha value is -1.61. The van der Waals surface area contributed by atoms with E-state index in [2.05, 4.69) is 24.2 Å². The summed E-state index contributed by atoms with van der Waals surface area (Å²) in [6, 6.07) is 10.2. The van der Waals surface area contributed by atoms with Gasteiger partial charge in [-0.3, -0.25) is 4.68 Å². The molecule has 0 bridgehead atoms. The number of rotatable bonds is 5. The number of hydrogen-bond acceptors (Lipinski definition) is 2. The first-order chi connectivity index (χ1) is 8.66. The molecule has 18 heavy (non-hydrogen) atoms. The summed E-state index contributed by atoms with van der Waals surface area (Å²) >= 11 is 0. The number of benzene rings is 1. The number of aliphatic hydroxyl groups excluding tert-OH is 1. The summed E-state index contributed by atoms with van der Waals surface area (Å²) in [6.45, 7) is 2.09. The van der Waals surface area contributed by atoms with E-state index in [0.29, 0.717) is 0 Å². The van der Waals surface area contributed by atoms with Crippen LogP contribution in [0, 0.1) is 6.92 Å². The molecule has 1 aromatic carbocycles. The first-order valence-electron chi connectivity index (χ1n) is 6.36. The van der Waals surface area contributed by atoms with Crippen molar-refractivity contribution in [1.29, 1.82) is 0 Å².